The zero-order chi connectivity index (χ0) is 10.6. The molecule has 85 valence electrons. The van der Waals surface area contributed by atoms with Crippen LogP contribution in [0.15, 0.2) is 0 Å². The van der Waals surface area contributed by atoms with Crippen LogP contribution in [0.3, 0.4) is 0 Å². The van der Waals surface area contributed by atoms with E-state index in [4.69, 9.17) is 5.73 Å². The fourth-order valence-corrected chi connectivity index (χ4v) is 2.13. The summed E-state index contributed by atoms with van der Waals surface area (Å²) < 4.78 is 0.412. The van der Waals surface area contributed by atoms with Gasteiger partial charge in [-0.3, -0.25) is 0 Å². The number of nitrogens with two attached hydrogens (primary N) is 1. The Morgan fingerprint density at radius 3 is 1.71 bits per heavy atom. The number of rotatable bonds is 10. The SMILES string of the molecule is CCCCCCCCCCCC(N)[Te]. The molecule has 0 aromatic carbocycles. The van der Waals surface area contributed by atoms with E-state index >= 15 is 0 Å². The summed E-state index contributed by atoms with van der Waals surface area (Å²) in [5, 5.41) is 0. The van der Waals surface area contributed by atoms with Crippen LogP contribution >= 0.6 is 0 Å². The molecule has 0 saturated heterocycles. The molecule has 1 radical (unpaired) electrons. The zero-order valence-electron chi connectivity index (χ0n) is 9.63. The second-order valence-electron chi connectivity index (χ2n) is 4.16. The topological polar surface area (TPSA) is 26.0 Å². The third kappa shape index (κ3) is 12.7. The van der Waals surface area contributed by atoms with Gasteiger partial charge in [0.2, 0.25) is 0 Å². The van der Waals surface area contributed by atoms with Crippen molar-refractivity contribution in [3.05, 3.63) is 0 Å². The van der Waals surface area contributed by atoms with Crippen LogP contribution in [0.4, 0.5) is 0 Å². The average molecular weight is 312 g/mol. The van der Waals surface area contributed by atoms with Crippen LogP contribution in [-0.4, -0.2) is 26.4 Å². The summed E-state index contributed by atoms with van der Waals surface area (Å²) in [6, 6.07) is 0. The van der Waals surface area contributed by atoms with Crippen molar-refractivity contribution in [1.29, 1.82) is 0 Å². The van der Waals surface area contributed by atoms with Crippen molar-refractivity contribution in [3.63, 3.8) is 0 Å². The Morgan fingerprint density at radius 2 is 1.29 bits per heavy atom. The van der Waals surface area contributed by atoms with E-state index in [1.165, 1.54) is 64.2 Å². The Bertz CT molecular complexity index is 104. The molecule has 0 heterocycles. The van der Waals surface area contributed by atoms with Crippen LogP contribution in [0, 0.1) is 0 Å². The number of hydrogen-bond donors (Lipinski definition) is 1. The van der Waals surface area contributed by atoms with E-state index in [0.29, 0.717) is 4.09 Å². The van der Waals surface area contributed by atoms with Crippen molar-refractivity contribution in [2.75, 3.05) is 0 Å². The van der Waals surface area contributed by atoms with E-state index in [9.17, 15) is 0 Å². The van der Waals surface area contributed by atoms with Crippen molar-refractivity contribution in [1.82, 2.24) is 0 Å². The molecule has 0 aliphatic heterocycles. The van der Waals surface area contributed by atoms with Crippen molar-refractivity contribution in [2.45, 2.75) is 75.2 Å². The summed E-state index contributed by atoms with van der Waals surface area (Å²) >= 11 is 2.03. The molecule has 14 heavy (non-hydrogen) atoms. The van der Waals surface area contributed by atoms with Crippen LogP contribution in [0.2, 0.25) is 0 Å². The van der Waals surface area contributed by atoms with Crippen LogP contribution in [-0.2, 0) is 0 Å². The summed E-state index contributed by atoms with van der Waals surface area (Å²) in [5.74, 6) is 0. The first-order valence-corrected chi connectivity index (χ1v) is 7.53. The molecule has 0 aliphatic rings. The van der Waals surface area contributed by atoms with Gasteiger partial charge in [0.05, 0.1) is 0 Å². The molecule has 0 amide bonds. The monoisotopic (exact) mass is 314 g/mol. The molecule has 0 aromatic heterocycles. The number of hydrogen-bond acceptors (Lipinski definition) is 1. The third-order valence-electron chi connectivity index (χ3n) is 2.59. The first-order chi connectivity index (χ1) is 6.77. The molecule has 1 atom stereocenters. The first-order valence-electron chi connectivity index (χ1n) is 6.18. The second kappa shape index (κ2) is 11.8. The van der Waals surface area contributed by atoms with Gasteiger partial charge in [-0.2, -0.15) is 0 Å². The van der Waals surface area contributed by atoms with Gasteiger partial charge in [0.15, 0.2) is 0 Å². The summed E-state index contributed by atoms with van der Waals surface area (Å²) in [7, 11) is 0. The van der Waals surface area contributed by atoms with Gasteiger partial charge in [-0.25, -0.2) is 0 Å². The van der Waals surface area contributed by atoms with Gasteiger partial charge in [-0.05, 0) is 0 Å². The van der Waals surface area contributed by atoms with Crippen molar-refractivity contribution in [2.24, 2.45) is 5.73 Å². The molecule has 0 bridgehead atoms. The minimum atomic E-state index is 0.412. The molecule has 0 spiro atoms. The summed E-state index contributed by atoms with van der Waals surface area (Å²) in [4.78, 5) is 0. The van der Waals surface area contributed by atoms with Crippen LogP contribution in [0.1, 0.15) is 71.1 Å². The molecule has 0 saturated carbocycles. The molecular weight excluding hydrogens is 286 g/mol. The molecule has 1 unspecified atom stereocenters. The predicted molar refractivity (Wildman–Crippen MR) is 65.6 cm³/mol. The third-order valence-corrected chi connectivity index (χ3v) is 3.26. The van der Waals surface area contributed by atoms with Crippen LogP contribution in [0.25, 0.3) is 0 Å². The quantitative estimate of drug-likeness (QED) is 0.486. The molecule has 1 nitrogen and oxygen atoms in total. The van der Waals surface area contributed by atoms with Gasteiger partial charge in [0.25, 0.3) is 0 Å². The average Bonchev–Trinajstić information content (AvgIpc) is 2.15. The molecule has 0 fully saturated rings. The molecule has 2 N–H and O–H groups in total. The second-order valence-corrected chi connectivity index (χ2v) is 5.88. The summed E-state index contributed by atoms with van der Waals surface area (Å²) in [6.07, 6.45) is 13.9. The Balaban J connectivity index is 2.85. The van der Waals surface area contributed by atoms with Gasteiger partial charge < -0.3 is 0 Å². The molecule has 0 rings (SSSR count). The Kier molecular flexibility index (Phi) is 12.5. The van der Waals surface area contributed by atoms with E-state index < -0.39 is 0 Å². The van der Waals surface area contributed by atoms with E-state index in [-0.39, 0.29) is 0 Å². The molecule has 0 aromatic rings. The Morgan fingerprint density at radius 1 is 0.857 bits per heavy atom. The maximum atomic E-state index is 5.69. The van der Waals surface area contributed by atoms with Crippen LogP contribution < -0.4 is 5.73 Å². The zero-order valence-corrected chi connectivity index (χ0v) is 12.0. The summed E-state index contributed by atoms with van der Waals surface area (Å²) in [5.41, 5.74) is 5.69. The predicted octanol–water partition coefficient (Wildman–Crippen LogP) is 3.36. The minimum absolute atomic E-state index is 0.412. The molecular formula is C12H26NTe. The normalized spacial score (nSPS) is 13.1. The standard InChI is InChI=1S/C12H26NTe/c1-2-3-4-5-6-7-8-9-10-11-12(13)14/h12H,2-11,13H2,1H3. The fourth-order valence-electron chi connectivity index (χ4n) is 1.66. The van der Waals surface area contributed by atoms with Crippen molar-refractivity contribution in [3.8, 4) is 0 Å². The maximum absolute atomic E-state index is 5.69. The van der Waals surface area contributed by atoms with Gasteiger partial charge >= 0.3 is 103 Å². The van der Waals surface area contributed by atoms with E-state index in [1.807, 2.05) is 22.3 Å². The fraction of sp³-hybridized carbons (Fsp3) is 1.00. The van der Waals surface area contributed by atoms with Gasteiger partial charge in [-0.15, -0.1) is 0 Å². The van der Waals surface area contributed by atoms with E-state index in [2.05, 4.69) is 6.92 Å². The Labute approximate surface area is 103 Å². The van der Waals surface area contributed by atoms with Crippen molar-refractivity contribution >= 4 is 22.3 Å². The van der Waals surface area contributed by atoms with Crippen molar-refractivity contribution < 1.29 is 0 Å². The van der Waals surface area contributed by atoms with E-state index in [0.717, 1.165) is 0 Å². The van der Waals surface area contributed by atoms with Gasteiger partial charge in [-0.1, -0.05) is 0 Å². The number of unbranched alkanes of at least 4 members (excludes halogenated alkanes) is 8. The molecule has 2 heteroatoms. The van der Waals surface area contributed by atoms with Gasteiger partial charge in [0, 0.05) is 0 Å². The summed E-state index contributed by atoms with van der Waals surface area (Å²) in [6.45, 7) is 2.27. The first kappa shape index (κ1) is 14.7. The molecule has 0 aliphatic carbocycles. The Hall–Kier alpha value is 0.750. The van der Waals surface area contributed by atoms with Gasteiger partial charge in [0.1, 0.15) is 0 Å². The van der Waals surface area contributed by atoms with E-state index in [1.54, 1.807) is 0 Å². The van der Waals surface area contributed by atoms with Crippen LogP contribution in [0.5, 0.6) is 0 Å².